The van der Waals surface area contributed by atoms with E-state index < -0.39 is 0 Å². The summed E-state index contributed by atoms with van der Waals surface area (Å²) in [6.45, 7) is 1.97. The molecule has 33 heavy (non-hydrogen) atoms. The standard InChI is InChI=1S/C31H22N2/c1-21-32-30(26-11-6-3-7-12-26)28-20-19-25-13-8-14-27(29(25)31(28)33-21)24-17-15-23(16-18-24)22-9-4-2-5-10-22/h2-20H,1H3. The van der Waals surface area contributed by atoms with Gasteiger partial charge in [-0.2, -0.15) is 0 Å². The van der Waals surface area contributed by atoms with Crippen molar-refractivity contribution < 1.29 is 0 Å². The highest BCUT2D eigenvalue weighted by molar-refractivity contribution is 6.15. The number of fused-ring (bicyclic) bond motifs is 3. The molecular weight excluding hydrogens is 400 g/mol. The number of rotatable bonds is 3. The molecule has 1 aromatic heterocycles. The van der Waals surface area contributed by atoms with E-state index in [1.807, 2.05) is 19.1 Å². The topological polar surface area (TPSA) is 25.8 Å². The third-order valence-corrected chi connectivity index (χ3v) is 6.17. The van der Waals surface area contributed by atoms with Gasteiger partial charge in [0, 0.05) is 16.3 Å². The Labute approximate surface area is 193 Å². The molecule has 1 heterocycles. The Morgan fingerprint density at radius 2 is 1.12 bits per heavy atom. The number of hydrogen-bond donors (Lipinski definition) is 0. The lowest BCUT2D eigenvalue weighted by molar-refractivity contribution is 1.10. The summed E-state index contributed by atoms with van der Waals surface area (Å²) in [4.78, 5) is 9.75. The van der Waals surface area contributed by atoms with Gasteiger partial charge in [0.1, 0.15) is 5.82 Å². The molecule has 0 aliphatic rings. The average molecular weight is 423 g/mol. The van der Waals surface area contributed by atoms with Gasteiger partial charge in [0.25, 0.3) is 0 Å². The molecule has 0 fully saturated rings. The van der Waals surface area contributed by atoms with E-state index in [0.29, 0.717) is 0 Å². The molecule has 0 radical (unpaired) electrons. The Bertz CT molecular complexity index is 1590. The van der Waals surface area contributed by atoms with Crippen LogP contribution in [0.25, 0.3) is 55.2 Å². The third kappa shape index (κ3) is 3.46. The Morgan fingerprint density at radius 3 is 1.85 bits per heavy atom. The minimum Gasteiger partial charge on any atom is -0.233 e. The van der Waals surface area contributed by atoms with Crippen molar-refractivity contribution in [3.63, 3.8) is 0 Å². The molecule has 0 saturated carbocycles. The molecule has 6 aromatic rings. The van der Waals surface area contributed by atoms with E-state index >= 15 is 0 Å². The van der Waals surface area contributed by atoms with Crippen LogP contribution >= 0.6 is 0 Å². The summed E-state index contributed by atoms with van der Waals surface area (Å²) in [7, 11) is 0. The fraction of sp³-hybridized carbons (Fsp3) is 0.0323. The van der Waals surface area contributed by atoms with Gasteiger partial charge in [0.05, 0.1) is 11.2 Å². The van der Waals surface area contributed by atoms with E-state index in [2.05, 4.69) is 103 Å². The van der Waals surface area contributed by atoms with Crippen molar-refractivity contribution in [2.75, 3.05) is 0 Å². The van der Waals surface area contributed by atoms with Gasteiger partial charge in [-0.3, -0.25) is 0 Å². The Balaban J connectivity index is 1.58. The molecule has 156 valence electrons. The minimum absolute atomic E-state index is 0.781. The van der Waals surface area contributed by atoms with Crippen LogP contribution in [0.3, 0.4) is 0 Å². The van der Waals surface area contributed by atoms with Crippen LogP contribution in [0.15, 0.2) is 115 Å². The second kappa shape index (κ2) is 7.99. The summed E-state index contributed by atoms with van der Waals surface area (Å²) in [6, 6.07) is 40.5. The third-order valence-electron chi connectivity index (χ3n) is 6.17. The maximum Gasteiger partial charge on any atom is 0.126 e. The van der Waals surface area contributed by atoms with Gasteiger partial charge in [-0.1, -0.05) is 109 Å². The van der Waals surface area contributed by atoms with E-state index in [1.54, 1.807) is 0 Å². The zero-order chi connectivity index (χ0) is 22.2. The fourth-order valence-electron chi connectivity index (χ4n) is 4.61. The van der Waals surface area contributed by atoms with Crippen LogP contribution in [0, 0.1) is 6.92 Å². The molecule has 0 N–H and O–H groups in total. The first-order valence-electron chi connectivity index (χ1n) is 11.2. The van der Waals surface area contributed by atoms with Gasteiger partial charge < -0.3 is 0 Å². The predicted octanol–water partition coefficient (Wildman–Crippen LogP) is 8.09. The van der Waals surface area contributed by atoms with Crippen LogP contribution < -0.4 is 0 Å². The summed E-state index contributed by atoms with van der Waals surface area (Å²) in [5.41, 5.74) is 7.91. The van der Waals surface area contributed by atoms with Crippen molar-refractivity contribution in [3.05, 3.63) is 121 Å². The number of aryl methyl sites for hydroxylation is 1. The van der Waals surface area contributed by atoms with Crippen LogP contribution in [-0.4, -0.2) is 9.97 Å². The first-order chi connectivity index (χ1) is 16.3. The van der Waals surface area contributed by atoms with Crippen molar-refractivity contribution in [3.8, 4) is 33.5 Å². The first kappa shape index (κ1) is 19.4. The molecule has 0 bridgehead atoms. The molecule has 6 rings (SSSR count). The van der Waals surface area contributed by atoms with Gasteiger partial charge in [-0.25, -0.2) is 9.97 Å². The summed E-state index contributed by atoms with van der Waals surface area (Å²) < 4.78 is 0. The van der Waals surface area contributed by atoms with E-state index in [0.717, 1.165) is 28.0 Å². The molecule has 5 aromatic carbocycles. The second-order valence-corrected chi connectivity index (χ2v) is 8.29. The zero-order valence-corrected chi connectivity index (χ0v) is 18.4. The van der Waals surface area contributed by atoms with Crippen molar-refractivity contribution in [2.45, 2.75) is 6.92 Å². The second-order valence-electron chi connectivity index (χ2n) is 8.29. The lowest BCUT2D eigenvalue weighted by Crippen LogP contribution is -1.96. The van der Waals surface area contributed by atoms with Crippen LogP contribution in [0.1, 0.15) is 5.82 Å². The van der Waals surface area contributed by atoms with Crippen molar-refractivity contribution in [1.29, 1.82) is 0 Å². The quantitative estimate of drug-likeness (QED) is 0.269. The fourth-order valence-corrected chi connectivity index (χ4v) is 4.61. The molecule has 2 nitrogen and oxygen atoms in total. The molecule has 0 spiro atoms. The zero-order valence-electron chi connectivity index (χ0n) is 18.4. The Morgan fingerprint density at radius 1 is 0.485 bits per heavy atom. The average Bonchev–Trinajstić information content (AvgIpc) is 2.89. The number of benzene rings is 5. The van der Waals surface area contributed by atoms with E-state index in [4.69, 9.17) is 9.97 Å². The van der Waals surface area contributed by atoms with Gasteiger partial charge in [0.15, 0.2) is 0 Å². The molecular formula is C31H22N2. The maximum absolute atomic E-state index is 4.93. The number of aromatic nitrogens is 2. The summed E-state index contributed by atoms with van der Waals surface area (Å²) in [5.74, 6) is 0.781. The predicted molar refractivity (Wildman–Crippen MR) is 138 cm³/mol. The highest BCUT2D eigenvalue weighted by atomic mass is 14.9. The molecule has 2 heteroatoms. The minimum atomic E-state index is 0.781. The van der Waals surface area contributed by atoms with Crippen molar-refractivity contribution >= 4 is 21.7 Å². The maximum atomic E-state index is 4.93. The van der Waals surface area contributed by atoms with E-state index in [9.17, 15) is 0 Å². The van der Waals surface area contributed by atoms with Crippen molar-refractivity contribution in [2.24, 2.45) is 0 Å². The normalized spacial score (nSPS) is 11.2. The highest BCUT2D eigenvalue weighted by Crippen LogP contribution is 2.37. The molecule has 0 atom stereocenters. The van der Waals surface area contributed by atoms with E-state index in [-0.39, 0.29) is 0 Å². The van der Waals surface area contributed by atoms with Crippen molar-refractivity contribution in [1.82, 2.24) is 9.97 Å². The summed E-state index contributed by atoms with van der Waals surface area (Å²) in [6.07, 6.45) is 0. The van der Waals surface area contributed by atoms with Gasteiger partial charge in [-0.15, -0.1) is 0 Å². The van der Waals surface area contributed by atoms with E-state index in [1.165, 1.54) is 33.0 Å². The van der Waals surface area contributed by atoms with Gasteiger partial charge >= 0.3 is 0 Å². The Hall–Kier alpha value is -4.30. The molecule has 0 amide bonds. The van der Waals surface area contributed by atoms with Gasteiger partial charge in [-0.05, 0) is 40.6 Å². The van der Waals surface area contributed by atoms with Crippen LogP contribution in [0.4, 0.5) is 0 Å². The van der Waals surface area contributed by atoms with Crippen LogP contribution in [0.5, 0.6) is 0 Å². The molecule has 0 aliphatic heterocycles. The summed E-state index contributed by atoms with van der Waals surface area (Å²) in [5, 5.41) is 3.43. The lowest BCUT2D eigenvalue weighted by atomic mass is 9.93. The monoisotopic (exact) mass is 422 g/mol. The highest BCUT2D eigenvalue weighted by Gasteiger charge is 2.14. The van der Waals surface area contributed by atoms with Crippen LogP contribution in [-0.2, 0) is 0 Å². The molecule has 0 unspecified atom stereocenters. The largest absolute Gasteiger partial charge is 0.233 e. The molecule has 0 saturated heterocycles. The van der Waals surface area contributed by atoms with Crippen LogP contribution in [0.2, 0.25) is 0 Å². The number of nitrogens with zero attached hydrogens (tertiary/aromatic N) is 2. The smallest absolute Gasteiger partial charge is 0.126 e. The lowest BCUT2D eigenvalue weighted by Gasteiger charge is -2.13. The SMILES string of the molecule is Cc1nc(-c2ccccc2)c2ccc3cccc(-c4ccc(-c5ccccc5)cc4)c3c2n1. The number of hydrogen-bond acceptors (Lipinski definition) is 2. The summed E-state index contributed by atoms with van der Waals surface area (Å²) >= 11 is 0. The first-order valence-corrected chi connectivity index (χ1v) is 11.2. The van der Waals surface area contributed by atoms with Gasteiger partial charge in [0.2, 0.25) is 0 Å². The molecule has 0 aliphatic carbocycles. The Kier molecular flexibility index (Phi) is 4.70.